The molecule has 3 heterocycles. The number of benzene rings is 3. The Labute approximate surface area is 193 Å². The summed E-state index contributed by atoms with van der Waals surface area (Å²) in [6.45, 7) is 7.15. The van der Waals surface area contributed by atoms with Crippen molar-refractivity contribution in [3.8, 4) is 22.4 Å². The summed E-state index contributed by atoms with van der Waals surface area (Å²) >= 11 is 0. The van der Waals surface area contributed by atoms with Gasteiger partial charge in [-0.1, -0.05) is 85.5 Å². The number of hydrogen-bond acceptors (Lipinski definition) is 3. The van der Waals surface area contributed by atoms with Gasteiger partial charge in [-0.3, -0.25) is 0 Å². The average molecular weight is 445 g/mol. The summed E-state index contributed by atoms with van der Waals surface area (Å²) in [4.78, 5) is 9.69. The van der Waals surface area contributed by atoms with Gasteiger partial charge in [-0.05, 0) is 35.4 Å². The highest BCUT2D eigenvalue weighted by atomic mass is 28.3. The van der Waals surface area contributed by atoms with E-state index in [4.69, 9.17) is 9.40 Å². The zero-order chi connectivity index (χ0) is 22.6. The zero-order valence-corrected chi connectivity index (χ0v) is 20.0. The summed E-state index contributed by atoms with van der Waals surface area (Å²) in [5, 5.41) is 4.73. The number of pyridine rings is 2. The van der Waals surface area contributed by atoms with Crippen LogP contribution in [0.5, 0.6) is 0 Å². The highest BCUT2D eigenvalue weighted by molar-refractivity contribution is 6.88. The molecule has 0 aliphatic carbocycles. The quantitative estimate of drug-likeness (QED) is 0.267. The van der Waals surface area contributed by atoms with Crippen molar-refractivity contribution in [1.82, 2.24) is 9.97 Å². The van der Waals surface area contributed by atoms with Crippen LogP contribution < -0.4 is 5.19 Å². The lowest BCUT2D eigenvalue weighted by molar-refractivity contribution is 0.654. The lowest BCUT2D eigenvalue weighted by atomic mass is 9.98. The van der Waals surface area contributed by atoms with Crippen molar-refractivity contribution < 1.29 is 4.42 Å². The molecule has 0 saturated carbocycles. The largest absolute Gasteiger partial charge is 0.438 e. The fourth-order valence-corrected chi connectivity index (χ4v) is 5.61. The maximum absolute atomic E-state index is 5.92. The standard InChI is InChI=1S/C29H24N2OSi/c1-33(2,3)21-13-14-26-24(16-21)23(19-9-5-4-6-10-19)17-27(31-26)20-15-25-22-11-7-8-12-28(22)32-29(25)30-18-20/h4-18H,1-3H3. The maximum Gasteiger partial charge on any atom is 0.227 e. The summed E-state index contributed by atoms with van der Waals surface area (Å²) in [6, 6.07) is 29.8. The Morgan fingerprint density at radius 2 is 1.48 bits per heavy atom. The van der Waals surface area contributed by atoms with Crippen LogP contribution in [-0.4, -0.2) is 18.0 Å². The monoisotopic (exact) mass is 444 g/mol. The Morgan fingerprint density at radius 1 is 0.697 bits per heavy atom. The van der Waals surface area contributed by atoms with E-state index in [1.165, 1.54) is 21.7 Å². The van der Waals surface area contributed by atoms with E-state index >= 15 is 0 Å². The van der Waals surface area contributed by atoms with Crippen LogP contribution in [0.15, 0.2) is 95.5 Å². The van der Waals surface area contributed by atoms with Gasteiger partial charge < -0.3 is 4.42 Å². The topological polar surface area (TPSA) is 38.9 Å². The lowest BCUT2D eigenvalue weighted by Gasteiger charge is -2.18. The van der Waals surface area contributed by atoms with Crippen molar-refractivity contribution in [2.24, 2.45) is 0 Å². The van der Waals surface area contributed by atoms with Gasteiger partial charge in [0.2, 0.25) is 5.71 Å². The van der Waals surface area contributed by atoms with Crippen LogP contribution in [0.1, 0.15) is 0 Å². The summed E-state index contributed by atoms with van der Waals surface area (Å²) in [7, 11) is -1.45. The highest BCUT2D eigenvalue weighted by Gasteiger charge is 2.19. The molecule has 3 nitrogen and oxygen atoms in total. The number of para-hydroxylation sites is 1. The van der Waals surface area contributed by atoms with Gasteiger partial charge in [0.25, 0.3) is 0 Å². The van der Waals surface area contributed by atoms with Crippen LogP contribution in [0, 0.1) is 0 Å². The molecule has 0 amide bonds. The minimum Gasteiger partial charge on any atom is -0.438 e. The third-order valence-corrected chi connectivity index (χ3v) is 8.33. The van der Waals surface area contributed by atoms with Gasteiger partial charge in [-0.25, -0.2) is 9.97 Å². The molecule has 3 aromatic carbocycles. The molecular formula is C29H24N2OSi. The van der Waals surface area contributed by atoms with E-state index in [1.54, 1.807) is 0 Å². The molecule has 160 valence electrons. The third kappa shape index (κ3) is 3.43. The predicted molar refractivity (Wildman–Crippen MR) is 141 cm³/mol. The number of nitrogens with zero attached hydrogens (tertiary/aromatic N) is 2. The third-order valence-electron chi connectivity index (χ3n) is 6.29. The first-order valence-corrected chi connectivity index (χ1v) is 14.8. The first kappa shape index (κ1) is 19.9. The van der Waals surface area contributed by atoms with Crippen molar-refractivity contribution in [1.29, 1.82) is 0 Å². The van der Waals surface area contributed by atoms with E-state index in [2.05, 4.69) is 91.4 Å². The van der Waals surface area contributed by atoms with E-state index in [0.717, 1.165) is 33.1 Å². The number of furan rings is 1. The average Bonchev–Trinajstić information content (AvgIpc) is 3.21. The SMILES string of the molecule is C[Si](C)(C)c1ccc2nc(-c3cnc4oc5ccccc5c4c3)cc(-c3ccccc3)c2c1. The van der Waals surface area contributed by atoms with Gasteiger partial charge in [-0.15, -0.1) is 0 Å². The molecule has 0 aliphatic heterocycles. The van der Waals surface area contributed by atoms with E-state index in [1.807, 2.05) is 24.4 Å². The number of aromatic nitrogens is 2. The van der Waals surface area contributed by atoms with Crippen LogP contribution >= 0.6 is 0 Å². The van der Waals surface area contributed by atoms with Crippen molar-refractivity contribution >= 4 is 46.2 Å². The Bertz CT molecular complexity index is 1650. The fourth-order valence-electron chi connectivity index (χ4n) is 4.45. The van der Waals surface area contributed by atoms with Gasteiger partial charge in [0, 0.05) is 27.9 Å². The smallest absolute Gasteiger partial charge is 0.227 e. The van der Waals surface area contributed by atoms with Crippen molar-refractivity contribution in [2.45, 2.75) is 19.6 Å². The van der Waals surface area contributed by atoms with Crippen LogP contribution in [-0.2, 0) is 0 Å². The van der Waals surface area contributed by atoms with E-state index in [0.29, 0.717) is 5.71 Å². The van der Waals surface area contributed by atoms with Crippen LogP contribution in [0.4, 0.5) is 0 Å². The Kier molecular flexibility index (Phi) is 4.45. The summed E-state index contributed by atoms with van der Waals surface area (Å²) in [5.41, 5.74) is 6.82. The fraction of sp³-hybridized carbons (Fsp3) is 0.103. The minimum absolute atomic E-state index is 0.656. The highest BCUT2D eigenvalue weighted by Crippen LogP contribution is 2.34. The van der Waals surface area contributed by atoms with Crippen molar-refractivity contribution in [3.05, 3.63) is 91.1 Å². The van der Waals surface area contributed by atoms with Crippen molar-refractivity contribution in [2.75, 3.05) is 0 Å². The zero-order valence-electron chi connectivity index (χ0n) is 19.0. The molecule has 0 fully saturated rings. The Balaban J connectivity index is 1.61. The number of hydrogen-bond donors (Lipinski definition) is 0. The summed E-state index contributed by atoms with van der Waals surface area (Å²) < 4.78 is 5.92. The first-order valence-electron chi connectivity index (χ1n) is 11.3. The maximum atomic E-state index is 5.92. The summed E-state index contributed by atoms with van der Waals surface area (Å²) in [6.07, 6.45) is 1.87. The number of fused-ring (bicyclic) bond motifs is 4. The Hall–Kier alpha value is -3.76. The van der Waals surface area contributed by atoms with Gasteiger partial charge in [-0.2, -0.15) is 0 Å². The first-order chi connectivity index (χ1) is 16.0. The molecule has 0 unspecified atom stereocenters. The van der Waals surface area contributed by atoms with Crippen LogP contribution in [0.2, 0.25) is 19.6 Å². The minimum atomic E-state index is -1.45. The molecule has 6 aromatic rings. The van der Waals surface area contributed by atoms with Crippen LogP contribution in [0.25, 0.3) is 55.4 Å². The molecular weight excluding hydrogens is 420 g/mol. The molecule has 0 N–H and O–H groups in total. The van der Waals surface area contributed by atoms with E-state index < -0.39 is 8.07 Å². The van der Waals surface area contributed by atoms with Crippen molar-refractivity contribution in [3.63, 3.8) is 0 Å². The second-order valence-corrected chi connectivity index (χ2v) is 14.7. The molecule has 33 heavy (non-hydrogen) atoms. The van der Waals surface area contributed by atoms with Gasteiger partial charge >= 0.3 is 0 Å². The second-order valence-electron chi connectivity index (χ2n) is 9.58. The predicted octanol–water partition coefficient (Wildman–Crippen LogP) is 7.41. The molecule has 0 atom stereocenters. The molecule has 0 radical (unpaired) electrons. The van der Waals surface area contributed by atoms with Gasteiger partial charge in [0.1, 0.15) is 5.58 Å². The molecule has 4 heteroatoms. The molecule has 0 saturated heterocycles. The molecule has 3 aromatic heterocycles. The molecule has 0 aliphatic rings. The lowest BCUT2D eigenvalue weighted by Crippen LogP contribution is -2.37. The van der Waals surface area contributed by atoms with Gasteiger partial charge in [0.15, 0.2) is 0 Å². The molecule has 0 spiro atoms. The second kappa shape index (κ2) is 7.39. The normalized spacial score (nSPS) is 12.1. The number of rotatable bonds is 3. The molecule has 6 rings (SSSR count). The van der Waals surface area contributed by atoms with E-state index in [-0.39, 0.29) is 0 Å². The van der Waals surface area contributed by atoms with Crippen LogP contribution in [0.3, 0.4) is 0 Å². The molecule has 0 bridgehead atoms. The summed E-state index contributed by atoms with van der Waals surface area (Å²) in [5.74, 6) is 0. The van der Waals surface area contributed by atoms with E-state index in [9.17, 15) is 0 Å². The van der Waals surface area contributed by atoms with Gasteiger partial charge in [0.05, 0.1) is 19.3 Å². The Morgan fingerprint density at radius 3 is 2.30 bits per heavy atom.